The molecule has 2 aromatic carbocycles. The Hall–Kier alpha value is -2.75. The summed E-state index contributed by atoms with van der Waals surface area (Å²) in [5.74, 6) is 1.44. The van der Waals surface area contributed by atoms with Gasteiger partial charge >= 0.3 is 0 Å². The molecular formula is C18H16O4. The van der Waals surface area contributed by atoms with Crippen LogP contribution in [-0.4, -0.2) is 25.1 Å². The third kappa shape index (κ3) is 2.33. The van der Waals surface area contributed by atoms with Gasteiger partial charge in [0.1, 0.15) is 17.2 Å². The molecule has 1 aliphatic rings. The lowest BCUT2D eigenvalue weighted by molar-refractivity contribution is 0.104. The Morgan fingerprint density at radius 3 is 2.64 bits per heavy atom. The van der Waals surface area contributed by atoms with Crippen molar-refractivity contribution in [2.75, 3.05) is 14.2 Å². The second kappa shape index (κ2) is 5.56. The highest BCUT2D eigenvalue weighted by Crippen LogP contribution is 2.35. The number of ketones is 1. The fraction of sp³-hybridized carbons (Fsp3) is 0.167. The molecule has 1 aliphatic carbocycles. The number of benzene rings is 2. The molecule has 0 unspecified atom stereocenters. The minimum absolute atomic E-state index is 0.0521. The van der Waals surface area contributed by atoms with Gasteiger partial charge in [-0.05, 0) is 24.3 Å². The number of allylic oxidation sites excluding steroid dienone is 1. The molecule has 4 heteroatoms. The number of carbonyl (C=O) groups is 1. The first-order valence-electron chi connectivity index (χ1n) is 6.92. The predicted molar refractivity (Wildman–Crippen MR) is 83.7 cm³/mol. The number of aromatic hydroxyl groups is 1. The quantitative estimate of drug-likeness (QED) is 0.884. The minimum atomic E-state index is -0.0521. The molecule has 0 aromatic heterocycles. The summed E-state index contributed by atoms with van der Waals surface area (Å²) in [7, 11) is 3.17. The Bertz CT molecular complexity index is 775. The first-order valence-corrected chi connectivity index (χ1v) is 6.92. The summed E-state index contributed by atoms with van der Waals surface area (Å²) in [4.78, 5) is 12.4. The van der Waals surface area contributed by atoms with Crippen molar-refractivity contribution in [3.05, 3.63) is 58.7 Å². The summed E-state index contributed by atoms with van der Waals surface area (Å²) < 4.78 is 10.5. The number of carbonyl (C=O) groups excluding carboxylic acids is 1. The Morgan fingerprint density at radius 2 is 1.95 bits per heavy atom. The maximum absolute atomic E-state index is 12.4. The van der Waals surface area contributed by atoms with Gasteiger partial charge in [-0.1, -0.05) is 12.1 Å². The van der Waals surface area contributed by atoms with Crippen molar-refractivity contribution < 1.29 is 19.4 Å². The summed E-state index contributed by atoms with van der Waals surface area (Å²) >= 11 is 0. The number of fused-ring (bicyclic) bond motifs is 1. The van der Waals surface area contributed by atoms with E-state index in [-0.39, 0.29) is 11.5 Å². The van der Waals surface area contributed by atoms with Crippen molar-refractivity contribution in [2.45, 2.75) is 6.42 Å². The molecule has 0 saturated heterocycles. The summed E-state index contributed by atoms with van der Waals surface area (Å²) in [6.45, 7) is 0. The van der Waals surface area contributed by atoms with Crippen LogP contribution in [0.15, 0.2) is 42.0 Å². The van der Waals surface area contributed by atoms with Crippen molar-refractivity contribution in [3.63, 3.8) is 0 Å². The maximum Gasteiger partial charge on any atom is 0.189 e. The predicted octanol–water partition coefficient (Wildman–Crippen LogP) is 3.23. The average Bonchev–Trinajstić information content (AvgIpc) is 2.86. The maximum atomic E-state index is 12.4. The highest BCUT2D eigenvalue weighted by atomic mass is 16.5. The van der Waals surface area contributed by atoms with Crippen LogP contribution in [0.25, 0.3) is 6.08 Å². The number of rotatable bonds is 3. The molecule has 3 rings (SSSR count). The molecular weight excluding hydrogens is 280 g/mol. The molecule has 0 aliphatic heterocycles. The van der Waals surface area contributed by atoms with E-state index in [1.54, 1.807) is 44.6 Å². The van der Waals surface area contributed by atoms with E-state index in [4.69, 9.17) is 9.47 Å². The van der Waals surface area contributed by atoms with Crippen molar-refractivity contribution in [3.8, 4) is 17.2 Å². The number of hydrogen-bond acceptors (Lipinski definition) is 4. The van der Waals surface area contributed by atoms with Crippen LogP contribution in [0.1, 0.15) is 21.5 Å². The molecule has 0 saturated carbocycles. The van der Waals surface area contributed by atoms with Gasteiger partial charge in [0.2, 0.25) is 0 Å². The van der Waals surface area contributed by atoms with E-state index in [1.807, 2.05) is 12.1 Å². The minimum Gasteiger partial charge on any atom is -0.508 e. The van der Waals surface area contributed by atoms with Crippen LogP contribution in [0.3, 0.4) is 0 Å². The fourth-order valence-corrected chi connectivity index (χ4v) is 2.66. The summed E-state index contributed by atoms with van der Waals surface area (Å²) in [5, 5.41) is 9.88. The van der Waals surface area contributed by atoms with Crippen molar-refractivity contribution >= 4 is 11.9 Å². The number of hydrogen-bond donors (Lipinski definition) is 1. The zero-order valence-corrected chi connectivity index (χ0v) is 12.4. The van der Waals surface area contributed by atoms with E-state index in [2.05, 4.69) is 0 Å². The van der Waals surface area contributed by atoms with E-state index in [0.717, 1.165) is 5.56 Å². The number of methoxy groups -OCH3 is 2. The third-order valence-electron chi connectivity index (χ3n) is 3.83. The highest BCUT2D eigenvalue weighted by molar-refractivity contribution is 6.16. The molecule has 0 heterocycles. The average molecular weight is 296 g/mol. The topological polar surface area (TPSA) is 55.8 Å². The molecule has 0 amide bonds. The van der Waals surface area contributed by atoms with Crippen LogP contribution < -0.4 is 9.47 Å². The molecule has 0 fully saturated rings. The van der Waals surface area contributed by atoms with Gasteiger partial charge in [-0.3, -0.25) is 4.79 Å². The number of phenolic OH excluding ortho intramolecular Hbond substituents is 1. The van der Waals surface area contributed by atoms with Crippen molar-refractivity contribution in [2.24, 2.45) is 0 Å². The monoisotopic (exact) mass is 296 g/mol. The Kier molecular flexibility index (Phi) is 3.59. The van der Waals surface area contributed by atoms with Crippen molar-refractivity contribution in [1.29, 1.82) is 0 Å². The summed E-state index contributed by atoms with van der Waals surface area (Å²) in [6.07, 6.45) is 2.23. The van der Waals surface area contributed by atoms with Crippen LogP contribution >= 0.6 is 0 Å². The SMILES string of the molecule is COc1ccc(C=C2Cc3c(O)cccc3C2=O)c(OC)c1. The lowest BCUT2D eigenvalue weighted by atomic mass is 10.1. The first-order chi connectivity index (χ1) is 10.6. The number of phenols is 1. The zero-order chi connectivity index (χ0) is 15.7. The first kappa shape index (κ1) is 14.2. The lowest BCUT2D eigenvalue weighted by Gasteiger charge is -2.08. The fourth-order valence-electron chi connectivity index (χ4n) is 2.66. The van der Waals surface area contributed by atoms with Crippen molar-refractivity contribution in [1.82, 2.24) is 0 Å². The summed E-state index contributed by atoms with van der Waals surface area (Å²) in [6, 6.07) is 10.5. The smallest absolute Gasteiger partial charge is 0.189 e. The largest absolute Gasteiger partial charge is 0.508 e. The van der Waals surface area contributed by atoms with Crippen LogP contribution in [0.2, 0.25) is 0 Å². The van der Waals surface area contributed by atoms with E-state index in [1.165, 1.54) is 0 Å². The van der Waals surface area contributed by atoms with Crippen LogP contribution in [0.4, 0.5) is 0 Å². The molecule has 0 spiro atoms. The Balaban J connectivity index is 2.01. The molecule has 1 N–H and O–H groups in total. The van der Waals surface area contributed by atoms with Gasteiger partial charge in [-0.15, -0.1) is 0 Å². The van der Waals surface area contributed by atoms with E-state index in [0.29, 0.717) is 34.6 Å². The molecule has 112 valence electrons. The summed E-state index contributed by atoms with van der Waals surface area (Å²) in [5.41, 5.74) is 2.70. The molecule has 2 aromatic rings. The second-order valence-electron chi connectivity index (χ2n) is 5.09. The zero-order valence-electron chi connectivity index (χ0n) is 12.4. The number of ether oxygens (including phenoxy) is 2. The number of Topliss-reactive ketones (excluding diaryl/α,β-unsaturated/α-hetero) is 1. The van der Waals surface area contributed by atoms with Gasteiger partial charge in [-0.25, -0.2) is 0 Å². The van der Waals surface area contributed by atoms with Gasteiger partial charge in [0.15, 0.2) is 5.78 Å². The van der Waals surface area contributed by atoms with Crippen LogP contribution in [0.5, 0.6) is 17.2 Å². The molecule has 4 nitrogen and oxygen atoms in total. The van der Waals surface area contributed by atoms with Crippen LogP contribution in [-0.2, 0) is 6.42 Å². The van der Waals surface area contributed by atoms with Gasteiger partial charge < -0.3 is 14.6 Å². The molecule has 22 heavy (non-hydrogen) atoms. The third-order valence-corrected chi connectivity index (χ3v) is 3.83. The molecule has 0 radical (unpaired) electrons. The molecule has 0 atom stereocenters. The van der Waals surface area contributed by atoms with E-state index in [9.17, 15) is 9.90 Å². The normalized spacial score (nSPS) is 15.0. The van der Waals surface area contributed by atoms with Gasteiger partial charge in [0.25, 0.3) is 0 Å². The second-order valence-corrected chi connectivity index (χ2v) is 5.09. The van der Waals surface area contributed by atoms with E-state index >= 15 is 0 Å². The Morgan fingerprint density at radius 1 is 1.14 bits per heavy atom. The van der Waals surface area contributed by atoms with Gasteiger partial charge in [0, 0.05) is 34.8 Å². The van der Waals surface area contributed by atoms with Gasteiger partial charge in [0.05, 0.1) is 14.2 Å². The van der Waals surface area contributed by atoms with E-state index < -0.39 is 0 Å². The lowest BCUT2D eigenvalue weighted by Crippen LogP contribution is -1.96. The molecule has 0 bridgehead atoms. The highest BCUT2D eigenvalue weighted by Gasteiger charge is 2.27. The Labute approximate surface area is 128 Å². The van der Waals surface area contributed by atoms with Crippen LogP contribution in [0, 0.1) is 0 Å². The standard InChI is InChI=1S/C18H16O4/c1-21-13-7-6-11(17(10-13)22-2)8-12-9-15-14(18(12)20)4-3-5-16(15)19/h3-8,10,19H,9H2,1-2H3. The van der Waals surface area contributed by atoms with Gasteiger partial charge in [-0.2, -0.15) is 0 Å².